The molecule has 1 fully saturated rings. The first kappa shape index (κ1) is 34.2. The second kappa shape index (κ2) is 19.2. The first-order valence-corrected chi connectivity index (χ1v) is 15.0. The average molecular weight is 562 g/mol. The summed E-state index contributed by atoms with van der Waals surface area (Å²) in [7, 11) is 1.27. The lowest BCUT2D eigenvalue weighted by atomic mass is 9.86. The van der Waals surface area contributed by atoms with Crippen LogP contribution in [-0.4, -0.2) is 24.1 Å². The zero-order valence-electron chi connectivity index (χ0n) is 24.5. The number of ketones is 1. The minimum absolute atomic E-state index is 0.116. The second-order valence-electron chi connectivity index (χ2n) is 9.54. The first-order valence-electron chi connectivity index (χ1n) is 14.2. The van der Waals surface area contributed by atoms with Gasteiger partial charge in [-0.1, -0.05) is 65.9 Å². The number of methoxy groups -OCH3 is 1. The van der Waals surface area contributed by atoms with E-state index in [1.807, 2.05) is 32.1 Å². The molecule has 8 heteroatoms. The summed E-state index contributed by atoms with van der Waals surface area (Å²) in [6, 6.07) is 5.87. The summed E-state index contributed by atoms with van der Waals surface area (Å²) in [5.41, 5.74) is -1.12. The molecule has 2 N–H and O–H groups in total. The van der Waals surface area contributed by atoms with Crippen molar-refractivity contribution >= 4 is 23.2 Å². The Kier molecular flexibility index (Phi) is 16.8. The molecule has 0 saturated heterocycles. The Morgan fingerprint density at radius 1 is 1.23 bits per heavy atom. The maximum Gasteiger partial charge on any atom is 0.410 e. The van der Waals surface area contributed by atoms with Crippen molar-refractivity contribution in [2.24, 2.45) is 5.92 Å². The Labute approximate surface area is 237 Å². The molecule has 0 radical (unpaired) electrons. The van der Waals surface area contributed by atoms with Crippen molar-refractivity contribution in [2.75, 3.05) is 7.11 Å². The highest BCUT2D eigenvalue weighted by molar-refractivity contribution is 7.11. The van der Waals surface area contributed by atoms with E-state index in [1.54, 1.807) is 17.9 Å². The van der Waals surface area contributed by atoms with Crippen molar-refractivity contribution in [3.05, 3.63) is 62.0 Å². The first-order chi connectivity index (χ1) is 18.7. The van der Waals surface area contributed by atoms with Crippen LogP contribution in [0.4, 0.5) is 4.79 Å². The monoisotopic (exact) mass is 561 g/mol. The second-order valence-corrected chi connectivity index (χ2v) is 10.9. The van der Waals surface area contributed by atoms with Gasteiger partial charge < -0.3 is 14.3 Å². The van der Waals surface area contributed by atoms with Crippen LogP contribution < -0.4 is 10.9 Å². The molecule has 2 aromatic rings. The Hall–Kier alpha value is -2.87. The summed E-state index contributed by atoms with van der Waals surface area (Å²) in [5, 5.41) is 12.3. The number of ether oxygens (including phenoxy) is 1. The molecule has 2 aromatic heterocycles. The number of amides is 1. The number of rotatable bonds is 10. The number of aromatic hydroxyl groups is 1. The van der Waals surface area contributed by atoms with E-state index in [0.717, 1.165) is 5.92 Å². The molecule has 0 aromatic carbocycles. The number of nitrogens with one attached hydrogen (secondary N) is 1. The molecule has 1 atom stereocenters. The van der Waals surface area contributed by atoms with Crippen LogP contribution in [0.1, 0.15) is 117 Å². The summed E-state index contributed by atoms with van der Waals surface area (Å²) in [6.07, 6.45) is 14.2. The number of aryl methyl sites for hydroxylation is 2. The third kappa shape index (κ3) is 12.7. The fraction of sp³-hybridized carbons (Fsp3) is 0.581. The highest BCUT2D eigenvalue weighted by Gasteiger charge is 2.19. The lowest BCUT2D eigenvalue weighted by Crippen LogP contribution is -2.16. The molecule has 1 saturated carbocycles. The molecule has 0 spiro atoms. The van der Waals surface area contributed by atoms with Gasteiger partial charge in [0.2, 0.25) is 0 Å². The third-order valence-electron chi connectivity index (χ3n) is 6.63. The van der Waals surface area contributed by atoms with Gasteiger partial charge in [-0.3, -0.25) is 10.1 Å². The van der Waals surface area contributed by atoms with E-state index < -0.39 is 17.5 Å². The molecular formula is C31H47NO6S. The molecule has 0 bridgehead atoms. The predicted octanol–water partition coefficient (Wildman–Crippen LogP) is 8.29. The van der Waals surface area contributed by atoms with Gasteiger partial charge in [0.25, 0.3) is 0 Å². The molecule has 2 heterocycles. The van der Waals surface area contributed by atoms with E-state index >= 15 is 0 Å². The summed E-state index contributed by atoms with van der Waals surface area (Å²) in [6.45, 7) is 9.64. The summed E-state index contributed by atoms with van der Waals surface area (Å²) >= 11 is 1.98. The highest BCUT2D eigenvalue weighted by Crippen LogP contribution is 2.29. The van der Waals surface area contributed by atoms with Crippen LogP contribution in [0.2, 0.25) is 0 Å². The van der Waals surface area contributed by atoms with E-state index in [-0.39, 0.29) is 23.7 Å². The Balaban J connectivity index is 0.000000403. The van der Waals surface area contributed by atoms with Crippen LogP contribution in [-0.2, 0) is 11.2 Å². The van der Waals surface area contributed by atoms with E-state index in [9.17, 15) is 19.5 Å². The minimum atomic E-state index is -0.818. The Bertz CT molecular complexity index is 1080. The fourth-order valence-corrected chi connectivity index (χ4v) is 5.28. The minimum Gasteiger partial charge on any atom is -0.507 e. The number of Topliss-reactive ketones (excluding diaryl/α,β-unsaturated/α-hetero) is 1. The van der Waals surface area contributed by atoms with Crippen molar-refractivity contribution in [2.45, 2.75) is 105 Å². The smallest absolute Gasteiger partial charge is 0.410 e. The van der Waals surface area contributed by atoms with Gasteiger partial charge in [-0.15, -0.1) is 11.3 Å². The van der Waals surface area contributed by atoms with Gasteiger partial charge in [0.05, 0.1) is 7.11 Å². The molecule has 1 aliphatic carbocycles. The summed E-state index contributed by atoms with van der Waals surface area (Å²) < 4.78 is 9.54. The molecule has 7 nitrogen and oxygen atoms in total. The molecule has 218 valence electrons. The summed E-state index contributed by atoms with van der Waals surface area (Å²) in [5.74, 6) is 0.410. The molecular weight excluding hydrogens is 514 g/mol. The predicted molar refractivity (Wildman–Crippen MR) is 159 cm³/mol. The van der Waals surface area contributed by atoms with Gasteiger partial charge in [0, 0.05) is 34.4 Å². The normalized spacial score (nSPS) is 14.0. The number of allylic oxidation sites excluding steroid dienone is 1. The number of carbonyl (C=O) groups excluding carboxylic acids is 2. The number of carbonyl (C=O) groups is 2. The number of alkyl carbamates (subject to hydrolysis) is 1. The third-order valence-corrected chi connectivity index (χ3v) is 7.69. The molecule has 39 heavy (non-hydrogen) atoms. The average Bonchev–Trinajstić information content (AvgIpc) is 3.37. The van der Waals surface area contributed by atoms with Crippen molar-refractivity contribution in [1.29, 1.82) is 0 Å². The highest BCUT2D eigenvalue weighted by atomic mass is 32.1. The van der Waals surface area contributed by atoms with E-state index in [0.29, 0.717) is 18.6 Å². The van der Waals surface area contributed by atoms with Crippen molar-refractivity contribution < 1.29 is 23.8 Å². The standard InChI is InChI=1S/C16H21NO6.C13H20S.C2H6/c1-4-11(18)14-12(19)9-13(23-15(14)20)10(2)7-5-6-8-17-16(21)22-3;1-11-7-9-13(14-11)10-8-12-5-3-2-4-6-12;1-2/h6,8-10,19H,4-5,7H2,1-3H3,(H,17,21);7,9,12H,2-6,8,10H2,1H3;1-2H3/b8-6+;;. The van der Waals surface area contributed by atoms with E-state index in [4.69, 9.17) is 4.42 Å². The Morgan fingerprint density at radius 2 is 1.92 bits per heavy atom. The summed E-state index contributed by atoms with van der Waals surface area (Å²) in [4.78, 5) is 37.3. The molecule has 1 amide bonds. The van der Waals surface area contributed by atoms with Crippen LogP contribution >= 0.6 is 11.3 Å². The van der Waals surface area contributed by atoms with Crippen molar-refractivity contribution in [3.8, 4) is 5.75 Å². The zero-order chi connectivity index (χ0) is 29.2. The van der Waals surface area contributed by atoms with Gasteiger partial charge >= 0.3 is 11.7 Å². The quantitative estimate of drug-likeness (QED) is 0.283. The van der Waals surface area contributed by atoms with Crippen LogP contribution in [0.15, 0.2) is 39.7 Å². The molecule has 1 aliphatic rings. The van der Waals surface area contributed by atoms with Gasteiger partial charge in [0.15, 0.2) is 5.78 Å². The van der Waals surface area contributed by atoms with E-state index in [2.05, 4.69) is 29.1 Å². The van der Waals surface area contributed by atoms with Gasteiger partial charge in [-0.2, -0.15) is 0 Å². The molecule has 0 aliphatic heterocycles. The molecule has 1 unspecified atom stereocenters. The maximum atomic E-state index is 11.8. The van der Waals surface area contributed by atoms with Gasteiger partial charge in [0.1, 0.15) is 17.1 Å². The van der Waals surface area contributed by atoms with Gasteiger partial charge in [-0.25, -0.2) is 9.59 Å². The van der Waals surface area contributed by atoms with Crippen LogP contribution in [0.25, 0.3) is 0 Å². The van der Waals surface area contributed by atoms with Crippen LogP contribution in [0, 0.1) is 12.8 Å². The lowest BCUT2D eigenvalue weighted by Gasteiger charge is -2.20. The largest absolute Gasteiger partial charge is 0.507 e. The van der Waals surface area contributed by atoms with Crippen LogP contribution in [0.3, 0.4) is 0 Å². The van der Waals surface area contributed by atoms with Crippen LogP contribution in [0.5, 0.6) is 5.75 Å². The van der Waals surface area contributed by atoms with Crippen molar-refractivity contribution in [3.63, 3.8) is 0 Å². The molecule has 3 rings (SSSR count). The number of thiophene rings is 1. The lowest BCUT2D eigenvalue weighted by molar-refractivity contribution is 0.0980. The van der Waals surface area contributed by atoms with E-state index in [1.165, 1.54) is 69.2 Å². The number of hydrogen-bond acceptors (Lipinski definition) is 7. The fourth-order valence-electron chi connectivity index (χ4n) is 4.37. The Morgan fingerprint density at radius 3 is 2.49 bits per heavy atom. The van der Waals surface area contributed by atoms with Crippen molar-refractivity contribution in [1.82, 2.24) is 5.32 Å². The number of hydrogen-bond donors (Lipinski definition) is 2. The topological polar surface area (TPSA) is 106 Å². The SMILES string of the molecule is CC.CCC(=O)c1c(O)cc(C(C)CC/C=C/NC(=O)OC)oc1=O.Cc1ccc(CCC2CCCCC2)s1. The maximum absolute atomic E-state index is 11.8. The van der Waals surface area contributed by atoms with Gasteiger partial charge in [-0.05, 0) is 50.7 Å². The zero-order valence-corrected chi connectivity index (χ0v) is 25.3.